The van der Waals surface area contributed by atoms with E-state index in [4.69, 9.17) is 4.74 Å². The number of hydrogen-bond donors (Lipinski definition) is 0. The second-order valence-corrected chi connectivity index (χ2v) is 5.81. The highest BCUT2D eigenvalue weighted by atomic mass is 19.1. The summed E-state index contributed by atoms with van der Waals surface area (Å²) in [6, 6.07) is 6.61. The summed E-state index contributed by atoms with van der Waals surface area (Å²) < 4.78 is 18.3. The van der Waals surface area contributed by atoms with E-state index in [1.165, 1.54) is 12.1 Å². The summed E-state index contributed by atoms with van der Waals surface area (Å²) in [7, 11) is 1.69. The molecular weight excluding hydrogens is 283 g/mol. The van der Waals surface area contributed by atoms with E-state index in [1.807, 2.05) is 11.1 Å². The first-order valence-electron chi connectivity index (χ1n) is 7.73. The second-order valence-electron chi connectivity index (χ2n) is 5.81. The number of benzene rings is 1. The first-order chi connectivity index (χ1) is 10.7. The van der Waals surface area contributed by atoms with Gasteiger partial charge in [0, 0.05) is 25.8 Å². The molecule has 1 amide bonds. The number of hydrogen-bond acceptors (Lipinski definition) is 3. The van der Waals surface area contributed by atoms with Gasteiger partial charge in [-0.15, -0.1) is 0 Å². The largest absolute Gasteiger partial charge is 0.383 e. The molecule has 0 N–H and O–H groups in total. The van der Waals surface area contributed by atoms with E-state index >= 15 is 0 Å². The van der Waals surface area contributed by atoms with E-state index in [-0.39, 0.29) is 17.8 Å². The van der Waals surface area contributed by atoms with Crippen molar-refractivity contribution >= 4 is 12.0 Å². The van der Waals surface area contributed by atoms with Gasteiger partial charge in [-0.2, -0.15) is 0 Å². The van der Waals surface area contributed by atoms with Gasteiger partial charge in [-0.05, 0) is 43.0 Å². The van der Waals surface area contributed by atoms with Crippen molar-refractivity contribution in [3.05, 3.63) is 41.3 Å². The predicted molar refractivity (Wildman–Crippen MR) is 82.1 cm³/mol. The molecule has 3 rings (SSSR count). The average molecular weight is 304 g/mol. The Labute approximate surface area is 130 Å². The van der Waals surface area contributed by atoms with Crippen molar-refractivity contribution in [3.8, 4) is 0 Å². The van der Waals surface area contributed by atoms with Crippen molar-refractivity contribution in [1.82, 2.24) is 10.0 Å². The molecule has 0 spiro atoms. The molecule has 0 bridgehead atoms. The molecule has 1 aromatic rings. The summed E-state index contributed by atoms with van der Waals surface area (Å²) in [6.07, 6.45) is 5.35. The average Bonchev–Trinajstić information content (AvgIpc) is 3.09. The normalized spacial score (nSPS) is 24.6. The van der Waals surface area contributed by atoms with Crippen LogP contribution in [-0.4, -0.2) is 42.2 Å². The molecule has 4 nitrogen and oxygen atoms in total. The van der Waals surface area contributed by atoms with E-state index in [0.717, 1.165) is 37.1 Å². The molecule has 2 aliphatic rings. The predicted octanol–water partition coefficient (Wildman–Crippen LogP) is 2.81. The van der Waals surface area contributed by atoms with Crippen LogP contribution in [-0.2, 0) is 9.53 Å². The Bertz CT molecular complexity index is 571. The Morgan fingerprint density at radius 1 is 1.32 bits per heavy atom. The third-order valence-electron chi connectivity index (χ3n) is 4.27. The quantitative estimate of drug-likeness (QED) is 0.857. The summed E-state index contributed by atoms with van der Waals surface area (Å²) >= 11 is 0. The lowest BCUT2D eigenvalue weighted by atomic mass is 10.1. The van der Waals surface area contributed by atoms with Crippen LogP contribution in [0, 0.1) is 5.82 Å². The molecule has 5 heteroatoms. The number of allylic oxidation sites excluding steroid dienone is 1. The minimum Gasteiger partial charge on any atom is -0.383 e. The fourth-order valence-electron chi connectivity index (χ4n) is 3.25. The Kier molecular flexibility index (Phi) is 4.55. The van der Waals surface area contributed by atoms with Crippen LogP contribution < -0.4 is 0 Å². The number of hydrazine groups is 1. The molecule has 2 saturated heterocycles. The van der Waals surface area contributed by atoms with Gasteiger partial charge < -0.3 is 4.74 Å². The zero-order valence-corrected chi connectivity index (χ0v) is 12.8. The van der Waals surface area contributed by atoms with Crippen molar-refractivity contribution in [2.45, 2.75) is 31.7 Å². The maximum absolute atomic E-state index is 13.0. The highest BCUT2D eigenvalue weighted by Crippen LogP contribution is 2.31. The van der Waals surface area contributed by atoms with Gasteiger partial charge in [0.1, 0.15) is 5.82 Å². The van der Waals surface area contributed by atoms with Crippen molar-refractivity contribution in [2.24, 2.45) is 0 Å². The first-order valence-corrected chi connectivity index (χ1v) is 7.73. The molecule has 0 saturated carbocycles. The SMILES string of the molecule is COCC1CCCN1N1C(=O)CC/C1=C\c1ccc(F)cc1. The van der Waals surface area contributed by atoms with E-state index in [9.17, 15) is 9.18 Å². The maximum Gasteiger partial charge on any atom is 0.241 e. The molecule has 1 unspecified atom stereocenters. The van der Waals surface area contributed by atoms with E-state index in [2.05, 4.69) is 5.01 Å². The van der Waals surface area contributed by atoms with Gasteiger partial charge in [0.05, 0.1) is 12.6 Å². The first kappa shape index (κ1) is 15.2. The van der Waals surface area contributed by atoms with Crippen LogP contribution in [0.15, 0.2) is 30.0 Å². The molecule has 118 valence electrons. The number of nitrogens with zero attached hydrogens (tertiary/aromatic N) is 2. The number of ether oxygens (including phenoxy) is 1. The van der Waals surface area contributed by atoms with Gasteiger partial charge in [-0.3, -0.25) is 4.79 Å². The monoisotopic (exact) mass is 304 g/mol. The van der Waals surface area contributed by atoms with Gasteiger partial charge >= 0.3 is 0 Å². The number of methoxy groups -OCH3 is 1. The number of carbonyl (C=O) groups excluding carboxylic acids is 1. The third-order valence-corrected chi connectivity index (χ3v) is 4.27. The van der Waals surface area contributed by atoms with Crippen molar-refractivity contribution in [1.29, 1.82) is 0 Å². The van der Waals surface area contributed by atoms with Crippen LogP contribution >= 0.6 is 0 Å². The van der Waals surface area contributed by atoms with E-state index < -0.39 is 0 Å². The molecule has 2 aliphatic heterocycles. The molecule has 1 aromatic carbocycles. The lowest BCUT2D eigenvalue weighted by Crippen LogP contribution is -2.46. The highest BCUT2D eigenvalue weighted by molar-refractivity contribution is 5.82. The van der Waals surface area contributed by atoms with Crippen LogP contribution in [0.1, 0.15) is 31.2 Å². The number of halogens is 1. The van der Waals surface area contributed by atoms with Crippen LogP contribution in [0.5, 0.6) is 0 Å². The number of carbonyl (C=O) groups is 1. The zero-order chi connectivity index (χ0) is 15.5. The van der Waals surface area contributed by atoms with Crippen molar-refractivity contribution < 1.29 is 13.9 Å². The second kappa shape index (κ2) is 6.58. The topological polar surface area (TPSA) is 32.8 Å². The van der Waals surface area contributed by atoms with Gasteiger partial charge in [0.25, 0.3) is 0 Å². The lowest BCUT2D eigenvalue weighted by Gasteiger charge is -2.33. The molecular formula is C17H21FN2O2. The van der Waals surface area contributed by atoms with Crippen molar-refractivity contribution in [2.75, 3.05) is 20.3 Å². The molecule has 1 atom stereocenters. The van der Waals surface area contributed by atoms with Crippen LogP contribution in [0.4, 0.5) is 4.39 Å². The molecule has 2 heterocycles. The number of rotatable bonds is 4. The summed E-state index contributed by atoms with van der Waals surface area (Å²) in [5, 5.41) is 3.95. The zero-order valence-electron chi connectivity index (χ0n) is 12.8. The Hall–Kier alpha value is -1.72. The lowest BCUT2D eigenvalue weighted by molar-refractivity contribution is -0.142. The molecule has 0 aromatic heterocycles. The molecule has 22 heavy (non-hydrogen) atoms. The number of amides is 1. The van der Waals surface area contributed by atoms with Crippen LogP contribution in [0.3, 0.4) is 0 Å². The van der Waals surface area contributed by atoms with Gasteiger partial charge in [-0.1, -0.05) is 12.1 Å². The van der Waals surface area contributed by atoms with Gasteiger partial charge in [0.2, 0.25) is 5.91 Å². The maximum atomic E-state index is 13.0. The molecule has 0 aliphatic carbocycles. The van der Waals surface area contributed by atoms with E-state index in [0.29, 0.717) is 13.0 Å². The van der Waals surface area contributed by atoms with Crippen molar-refractivity contribution in [3.63, 3.8) is 0 Å². The van der Waals surface area contributed by atoms with E-state index in [1.54, 1.807) is 19.2 Å². The summed E-state index contributed by atoms with van der Waals surface area (Å²) in [4.78, 5) is 12.3. The summed E-state index contributed by atoms with van der Waals surface area (Å²) in [5.74, 6) is -0.113. The summed E-state index contributed by atoms with van der Waals surface area (Å²) in [6.45, 7) is 1.51. The van der Waals surface area contributed by atoms with Gasteiger partial charge in [0.15, 0.2) is 0 Å². The molecule has 0 radical (unpaired) electrons. The highest BCUT2D eigenvalue weighted by Gasteiger charge is 2.37. The minimum absolute atomic E-state index is 0.136. The Morgan fingerprint density at radius 3 is 2.82 bits per heavy atom. The van der Waals surface area contributed by atoms with Gasteiger partial charge in [-0.25, -0.2) is 14.4 Å². The third kappa shape index (κ3) is 3.05. The Morgan fingerprint density at radius 2 is 2.09 bits per heavy atom. The fourth-order valence-corrected chi connectivity index (χ4v) is 3.25. The van der Waals surface area contributed by atoms with Crippen LogP contribution in [0.25, 0.3) is 6.08 Å². The molecule has 2 fully saturated rings. The fraction of sp³-hybridized carbons (Fsp3) is 0.471. The summed E-state index contributed by atoms with van der Waals surface area (Å²) in [5.41, 5.74) is 1.90. The minimum atomic E-state index is -0.249. The Balaban J connectivity index is 1.84. The smallest absolute Gasteiger partial charge is 0.241 e. The van der Waals surface area contributed by atoms with Crippen LogP contribution in [0.2, 0.25) is 0 Å². The standard InChI is InChI=1S/C17H21FN2O2/c1-22-12-16-3-2-10-19(16)20-15(8-9-17(20)21)11-13-4-6-14(18)7-5-13/h4-7,11,16H,2-3,8-10,12H2,1H3/b15-11+.